The van der Waals surface area contributed by atoms with Gasteiger partial charge in [-0.1, -0.05) is 54.6 Å². The minimum absolute atomic E-state index is 0.114. The maximum absolute atomic E-state index is 12.8. The summed E-state index contributed by atoms with van der Waals surface area (Å²) in [6, 6.07) is 20.1. The largest absolute Gasteiger partial charge is 0.394 e. The number of thiophene rings is 1. The average molecular weight is 563 g/mol. The van der Waals surface area contributed by atoms with E-state index in [-0.39, 0.29) is 12.6 Å². The van der Waals surface area contributed by atoms with Crippen LogP contribution in [-0.4, -0.2) is 97.8 Å². The molecule has 2 aliphatic heterocycles. The summed E-state index contributed by atoms with van der Waals surface area (Å²) < 4.78 is 5.37. The lowest BCUT2D eigenvalue weighted by Gasteiger charge is -2.38. The summed E-state index contributed by atoms with van der Waals surface area (Å²) in [5.41, 5.74) is 10.6. The number of aliphatic hydroxyl groups excluding tert-OH is 1. The predicted molar refractivity (Wildman–Crippen MR) is 161 cm³/mol. The van der Waals surface area contributed by atoms with Crippen molar-refractivity contribution in [3.8, 4) is 10.4 Å². The van der Waals surface area contributed by atoms with Crippen molar-refractivity contribution in [2.75, 3.05) is 71.5 Å². The van der Waals surface area contributed by atoms with E-state index in [1.807, 2.05) is 47.2 Å². The van der Waals surface area contributed by atoms with Gasteiger partial charge in [-0.2, -0.15) is 0 Å². The van der Waals surface area contributed by atoms with Crippen LogP contribution in [0.4, 0.5) is 9.80 Å². The van der Waals surface area contributed by atoms with Crippen molar-refractivity contribution in [1.82, 2.24) is 14.7 Å². The van der Waals surface area contributed by atoms with Gasteiger partial charge in [-0.05, 0) is 22.8 Å². The predicted octanol–water partition coefficient (Wildman–Crippen LogP) is 3.47. The number of nitrogens with zero attached hydrogens (tertiary/aromatic N) is 4. The van der Waals surface area contributed by atoms with Crippen molar-refractivity contribution in [2.24, 2.45) is 10.7 Å². The highest BCUT2D eigenvalue weighted by atomic mass is 32.1. The van der Waals surface area contributed by atoms with E-state index in [2.05, 4.69) is 45.5 Å². The van der Waals surface area contributed by atoms with Crippen LogP contribution in [0.5, 0.6) is 0 Å². The number of urea groups is 1. The minimum Gasteiger partial charge on any atom is -0.394 e. The lowest BCUT2D eigenvalue weighted by atomic mass is 10.1. The van der Waals surface area contributed by atoms with Gasteiger partial charge in [0, 0.05) is 57.7 Å². The Morgan fingerprint density at radius 1 is 1.02 bits per heavy atom. The van der Waals surface area contributed by atoms with E-state index < -0.39 is 6.04 Å². The molecule has 0 unspecified atom stereocenters. The topological polar surface area (TPSA) is 107 Å². The number of rotatable bonds is 8. The average Bonchev–Trinajstić information content (AvgIpc) is 3.46. The molecular formula is C30H38N6O3S. The van der Waals surface area contributed by atoms with Crippen molar-refractivity contribution < 1.29 is 14.6 Å². The molecule has 2 aliphatic rings. The second-order valence-electron chi connectivity index (χ2n) is 10.1. The van der Waals surface area contributed by atoms with Crippen LogP contribution >= 0.6 is 11.3 Å². The Morgan fingerprint density at radius 3 is 2.35 bits per heavy atom. The monoisotopic (exact) mass is 562 g/mol. The molecule has 9 nitrogen and oxygen atoms in total. The van der Waals surface area contributed by atoms with E-state index in [1.165, 1.54) is 5.56 Å². The summed E-state index contributed by atoms with van der Waals surface area (Å²) in [7, 11) is 1.88. The molecule has 2 amide bonds. The van der Waals surface area contributed by atoms with Crippen molar-refractivity contribution in [1.29, 1.82) is 0 Å². The van der Waals surface area contributed by atoms with E-state index in [9.17, 15) is 9.90 Å². The molecule has 0 spiro atoms. The van der Waals surface area contributed by atoms with Gasteiger partial charge in [0.25, 0.3) is 0 Å². The molecule has 4 N–H and O–H groups in total. The molecule has 2 saturated heterocycles. The van der Waals surface area contributed by atoms with Crippen molar-refractivity contribution >= 4 is 28.2 Å². The number of carbonyl (C=O) groups is 1. The molecule has 1 aromatic heterocycles. The minimum atomic E-state index is -0.409. The number of nitrogens with one attached hydrogen (secondary N) is 1. The summed E-state index contributed by atoms with van der Waals surface area (Å²) in [5.74, 6) is 0.401. The first-order chi connectivity index (χ1) is 19.6. The maximum atomic E-state index is 12.8. The lowest BCUT2D eigenvalue weighted by molar-refractivity contribution is 0.0373. The molecule has 212 valence electrons. The first kappa shape index (κ1) is 28.1. The number of piperazine rings is 1. The first-order valence-electron chi connectivity index (χ1n) is 13.8. The number of amidine groups is 1. The molecule has 0 saturated carbocycles. The van der Waals surface area contributed by atoms with Gasteiger partial charge >= 0.3 is 6.03 Å². The standard InChI is InChI=1S/C30H38N6O3S/c1-32-29-25(28(31)33-26(21-37)23-5-3-2-4-6-23)19-27(40-29)24-9-7-22(8-10-24)20-34-11-13-35(14-12-34)30(38)36-15-17-39-18-16-36/h2-10,19,26,32,37H,11-18,20-21H2,1H3,(H2,31,33)/t26-/m1/s1. The molecule has 0 aliphatic carbocycles. The van der Waals surface area contributed by atoms with Crippen LogP contribution in [0.25, 0.3) is 10.4 Å². The van der Waals surface area contributed by atoms with E-state index in [1.54, 1.807) is 11.3 Å². The maximum Gasteiger partial charge on any atom is 0.320 e. The summed E-state index contributed by atoms with van der Waals surface area (Å²) >= 11 is 1.63. The Kier molecular flexibility index (Phi) is 9.33. The zero-order valence-corrected chi connectivity index (χ0v) is 23.8. The number of amides is 2. The van der Waals surface area contributed by atoms with E-state index in [0.717, 1.165) is 59.3 Å². The highest BCUT2D eigenvalue weighted by molar-refractivity contribution is 7.19. The number of morpholine rings is 1. The van der Waals surface area contributed by atoms with Gasteiger partial charge in [0.1, 0.15) is 11.9 Å². The molecule has 2 fully saturated rings. The van der Waals surface area contributed by atoms with Gasteiger partial charge < -0.3 is 30.7 Å². The Bertz CT molecular complexity index is 1280. The zero-order chi connectivity index (χ0) is 27.9. The van der Waals surface area contributed by atoms with Gasteiger partial charge in [0.05, 0.1) is 30.4 Å². The fraction of sp³-hybridized carbons (Fsp3) is 0.400. The molecule has 10 heteroatoms. The Hall–Kier alpha value is -3.44. The molecule has 3 heterocycles. The fourth-order valence-corrected chi connectivity index (χ4v) is 6.15. The molecular weight excluding hydrogens is 524 g/mol. The first-order valence-corrected chi connectivity index (χ1v) is 14.6. The zero-order valence-electron chi connectivity index (χ0n) is 23.0. The highest BCUT2D eigenvalue weighted by Gasteiger charge is 2.26. The summed E-state index contributed by atoms with van der Waals surface area (Å²) in [5, 5.41) is 14.1. The Morgan fingerprint density at radius 2 is 1.70 bits per heavy atom. The van der Waals surface area contributed by atoms with Crippen molar-refractivity contribution in [3.05, 3.63) is 77.4 Å². The van der Waals surface area contributed by atoms with Gasteiger partial charge in [-0.25, -0.2) is 4.79 Å². The van der Waals surface area contributed by atoms with Crippen molar-refractivity contribution in [3.63, 3.8) is 0 Å². The Labute approximate surface area is 239 Å². The second kappa shape index (κ2) is 13.3. The van der Waals surface area contributed by atoms with E-state index in [4.69, 9.17) is 10.5 Å². The summed E-state index contributed by atoms with van der Waals surface area (Å²) in [6.45, 7) is 6.62. The molecule has 1 atom stereocenters. The second-order valence-corrected chi connectivity index (χ2v) is 11.1. The number of hydrogen-bond acceptors (Lipinski definition) is 7. The number of hydrogen-bond donors (Lipinski definition) is 3. The van der Waals surface area contributed by atoms with E-state index >= 15 is 0 Å². The molecule has 3 aromatic rings. The molecule has 5 rings (SSSR count). The van der Waals surface area contributed by atoms with Crippen LogP contribution in [0.3, 0.4) is 0 Å². The van der Waals surface area contributed by atoms with Crippen LogP contribution < -0.4 is 11.1 Å². The van der Waals surface area contributed by atoms with E-state index in [0.29, 0.717) is 32.1 Å². The molecule has 40 heavy (non-hydrogen) atoms. The molecule has 2 aromatic carbocycles. The van der Waals surface area contributed by atoms with Crippen LogP contribution in [-0.2, 0) is 11.3 Å². The van der Waals surface area contributed by atoms with Gasteiger partial charge in [-0.3, -0.25) is 9.89 Å². The number of aliphatic imine (C=N–C) groups is 1. The third-order valence-electron chi connectivity index (χ3n) is 7.46. The lowest BCUT2D eigenvalue weighted by Crippen LogP contribution is -2.54. The van der Waals surface area contributed by atoms with Crippen LogP contribution in [0.1, 0.15) is 22.7 Å². The number of benzene rings is 2. The number of ether oxygens (including phenoxy) is 1. The van der Waals surface area contributed by atoms with Gasteiger partial charge in [0.15, 0.2) is 0 Å². The van der Waals surface area contributed by atoms with Gasteiger partial charge in [-0.15, -0.1) is 11.3 Å². The van der Waals surface area contributed by atoms with Gasteiger partial charge in [0.2, 0.25) is 0 Å². The van der Waals surface area contributed by atoms with Crippen molar-refractivity contribution in [2.45, 2.75) is 12.6 Å². The number of carbonyl (C=O) groups excluding carboxylic acids is 1. The van der Waals surface area contributed by atoms with Crippen LogP contribution in [0, 0.1) is 0 Å². The number of anilines is 1. The summed E-state index contributed by atoms with van der Waals surface area (Å²) in [6.07, 6.45) is 0. The SMILES string of the molecule is CNc1sc(-c2ccc(CN3CCN(C(=O)N4CCOCC4)CC3)cc2)cc1C(N)=N[C@H](CO)c1ccccc1. The fourth-order valence-electron chi connectivity index (χ4n) is 5.13. The quantitative estimate of drug-likeness (QED) is 0.287. The number of aliphatic hydroxyl groups is 1. The highest BCUT2D eigenvalue weighted by Crippen LogP contribution is 2.36. The summed E-state index contributed by atoms with van der Waals surface area (Å²) in [4.78, 5) is 24.8. The Balaban J connectivity index is 1.21. The smallest absolute Gasteiger partial charge is 0.320 e. The third kappa shape index (κ3) is 6.64. The molecule has 0 bridgehead atoms. The van der Waals surface area contributed by atoms with Crippen LogP contribution in [0.15, 0.2) is 65.7 Å². The van der Waals surface area contributed by atoms with Crippen LogP contribution in [0.2, 0.25) is 0 Å². The third-order valence-corrected chi connectivity index (χ3v) is 8.66. The normalized spacial score (nSPS) is 17.6. The molecule has 0 radical (unpaired) electrons. The number of nitrogens with two attached hydrogens (primary N) is 1.